The van der Waals surface area contributed by atoms with Crippen molar-refractivity contribution in [2.24, 2.45) is 10.9 Å². The predicted octanol–water partition coefficient (Wildman–Crippen LogP) is 2.82. The predicted molar refractivity (Wildman–Crippen MR) is 50.1 cm³/mol. The highest BCUT2D eigenvalue weighted by atomic mass is 14.7. The first-order valence-corrected chi connectivity index (χ1v) is 4.47. The van der Waals surface area contributed by atoms with Crippen molar-refractivity contribution in [3.63, 3.8) is 0 Å². The van der Waals surface area contributed by atoms with Crippen LogP contribution in [-0.2, 0) is 0 Å². The molecule has 0 aliphatic carbocycles. The summed E-state index contributed by atoms with van der Waals surface area (Å²) in [5, 5.41) is 0. The van der Waals surface area contributed by atoms with Gasteiger partial charge in [0.25, 0.3) is 0 Å². The molecule has 1 aliphatic rings. The fraction of sp³-hybridized carbons (Fsp3) is 0.700. The Labute approximate surface area is 69.2 Å². The number of rotatable bonds is 1. The van der Waals surface area contributed by atoms with Gasteiger partial charge in [0.2, 0.25) is 0 Å². The molecule has 0 fully saturated rings. The lowest BCUT2D eigenvalue weighted by Gasteiger charge is -2.20. The van der Waals surface area contributed by atoms with E-state index in [0.29, 0.717) is 0 Å². The van der Waals surface area contributed by atoms with Gasteiger partial charge in [0.1, 0.15) is 0 Å². The molecule has 0 saturated heterocycles. The van der Waals surface area contributed by atoms with Crippen LogP contribution in [0.4, 0.5) is 0 Å². The summed E-state index contributed by atoms with van der Waals surface area (Å²) in [6.07, 6.45) is 4.67. The van der Waals surface area contributed by atoms with Gasteiger partial charge in [-0.05, 0) is 31.3 Å². The highest BCUT2D eigenvalue weighted by molar-refractivity contribution is 5.99. The fourth-order valence-electron chi connectivity index (χ4n) is 1.60. The van der Waals surface area contributed by atoms with E-state index in [1.807, 2.05) is 0 Å². The summed E-state index contributed by atoms with van der Waals surface area (Å²) in [5.41, 5.74) is 2.73. The summed E-state index contributed by atoms with van der Waals surface area (Å²) in [6.45, 7) is 7.62. The lowest BCUT2D eigenvalue weighted by atomic mass is 9.91. The van der Waals surface area contributed by atoms with Gasteiger partial charge in [-0.2, -0.15) is 0 Å². The van der Waals surface area contributed by atoms with Crippen molar-refractivity contribution >= 4 is 5.71 Å². The zero-order valence-electron chi connectivity index (χ0n) is 7.72. The van der Waals surface area contributed by atoms with Crippen LogP contribution in [0.1, 0.15) is 33.6 Å². The molecule has 1 heteroatoms. The zero-order valence-corrected chi connectivity index (χ0v) is 7.72. The van der Waals surface area contributed by atoms with Crippen molar-refractivity contribution in [2.75, 3.05) is 6.54 Å². The lowest BCUT2D eigenvalue weighted by molar-refractivity contribution is 0.621. The second kappa shape index (κ2) is 3.70. The normalized spacial score (nSPS) is 28.8. The number of hydrogen-bond acceptors (Lipinski definition) is 1. The number of allylic oxidation sites excluding steroid dienone is 2. The van der Waals surface area contributed by atoms with E-state index in [9.17, 15) is 0 Å². The highest BCUT2D eigenvalue weighted by Gasteiger charge is 2.14. The first-order valence-electron chi connectivity index (χ1n) is 4.47. The highest BCUT2D eigenvalue weighted by Crippen LogP contribution is 2.21. The van der Waals surface area contributed by atoms with Gasteiger partial charge in [-0.15, -0.1) is 0 Å². The minimum absolute atomic E-state index is 0.729. The molecule has 0 radical (unpaired) electrons. The van der Waals surface area contributed by atoms with Gasteiger partial charge in [0, 0.05) is 12.3 Å². The Morgan fingerprint density at radius 2 is 2.36 bits per heavy atom. The Hall–Kier alpha value is -0.590. The summed E-state index contributed by atoms with van der Waals surface area (Å²) >= 11 is 0. The third-order valence-electron chi connectivity index (χ3n) is 2.28. The summed E-state index contributed by atoms with van der Waals surface area (Å²) in [6, 6.07) is 0. The maximum absolute atomic E-state index is 4.43. The SMILES string of the molecule is CC/C=C1\C(C)=NCCC1C. The Kier molecular flexibility index (Phi) is 2.86. The number of hydrogen-bond donors (Lipinski definition) is 0. The minimum atomic E-state index is 0.729. The first kappa shape index (κ1) is 8.51. The van der Waals surface area contributed by atoms with E-state index in [-0.39, 0.29) is 0 Å². The Bertz CT molecular complexity index is 189. The van der Waals surface area contributed by atoms with Crippen LogP contribution < -0.4 is 0 Å². The molecular formula is C10H17N. The molecule has 0 aromatic carbocycles. The van der Waals surface area contributed by atoms with Crippen LogP contribution >= 0.6 is 0 Å². The maximum Gasteiger partial charge on any atom is 0.0398 e. The molecule has 0 aromatic heterocycles. The second-order valence-electron chi connectivity index (χ2n) is 3.22. The van der Waals surface area contributed by atoms with Gasteiger partial charge < -0.3 is 0 Å². The van der Waals surface area contributed by atoms with Crippen LogP contribution in [0.25, 0.3) is 0 Å². The Morgan fingerprint density at radius 3 is 2.91 bits per heavy atom. The van der Waals surface area contributed by atoms with E-state index in [1.54, 1.807) is 0 Å². The molecule has 0 N–H and O–H groups in total. The van der Waals surface area contributed by atoms with Gasteiger partial charge in [0.15, 0.2) is 0 Å². The van der Waals surface area contributed by atoms with Crippen LogP contribution in [0.3, 0.4) is 0 Å². The third-order valence-corrected chi connectivity index (χ3v) is 2.28. The van der Waals surface area contributed by atoms with Crippen LogP contribution in [0.5, 0.6) is 0 Å². The van der Waals surface area contributed by atoms with E-state index in [1.165, 1.54) is 17.7 Å². The summed E-state index contributed by atoms with van der Waals surface area (Å²) in [5.74, 6) is 0.729. The molecule has 1 rings (SSSR count). The molecule has 1 aliphatic heterocycles. The van der Waals surface area contributed by atoms with Crippen molar-refractivity contribution in [3.8, 4) is 0 Å². The average Bonchev–Trinajstić information content (AvgIpc) is 1.97. The van der Waals surface area contributed by atoms with Crippen molar-refractivity contribution < 1.29 is 0 Å². The van der Waals surface area contributed by atoms with Crippen LogP contribution in [-0.4, -0.2) is 12.3 Å². The smallest absolute Gasteiger partial charge is 0.0398 e. The van der Waals surface area contributed by atoms with Gasteiger partial charge >= 0.3 is 0 Å². The molecule has 0 aromatic rings. The minimum Gasteiger partial charge on any atom is -0.290 e. The van der Waals surface area contributed by atoms with Crippen molar-refractivity contribution in [3.05, 3.63) is 11.6 Å². The van der Waals surface area contributed by atoms with E-state index in [0.717, 1.165) is 18.9 Å². The van der Waals surface area contributed by atoms with Gasteiger partial charge in [-0.25, -0.2) is 0 Å². The molecule has 0 bridgehead atoms. The van der Waals surface area contributed by atoms with Crippen LogP contribution in [0.2, 0.25) is 0 Å². The summed E-state index contributed by atoms with van der Waals surface area (Å²) < 4.78 is 0. The van der Waals surface area contributed by atoms with Crippen LogP contribution in [0.15, 0.2) is 16.6 Å². The molecule has 1 unspecified atom stereocenters. The molecule has 1 nitrogen and oxygen atoms in total. The topological polar surface area (TPSA) is 12.4 Å². The van der Waals surface area contributed by atoms with Crippen molar-refractivity contribution in [1.82, 2.24) is 0 Å². The molecule has 0 amide bonds. The second-order valence-corrected chi connectivity index (χ2v) is 3.22. The quantitative estimate of drug-likeness (QED) is 0.546. The average molecular weight is 151 g/mol. The third kappa shape index (κ3) is 1.92. The molecule has 1 atom stereocenters. The number of nitrogens with zero attached hydrogens (tertiary/aromatic N) is 1. The van der Waals surface area contributed by atoms with E-state index in [4.69, 9.17) is 0 Å². The van der Waals surface area contributed by atoms with Gasteiger partial charge in [-0.3, -0.25) is 4.99 Å². The molecule has 1 heterocycles. The molecule has 0 spiro atoms. The van der Waals surface area contributed by atoms with Crippen molar-refractivity contribution in [1.29, 1.82) is 0 Å². The maximum atomic E-state index is 4.43. The van der Waals surface area contributed by atoms with E-state index in [2.05, 4.69) is 31.8 Å². The lowest BCUT2D eigenvalue weighted by Crippen LogP contribution is -2.15. The standard InChI is InChI=1S/C10H17N/c1-4-5-10-8(2)6-7-11-9(10)3/h5,8H,4,6-7H2,1-3H3/b10-5-. The van der Waals surface area contributed by atoms with Crippen molar-refractivity contribution in [2.45, 2.75) is 33.6 Å². The van der Waals surface area contributed by atoms with Crippen LogP contribution in [0, 0.1) is 5.92 Å². The Balaban J connectivity index is 2.80. The Morgan fingerprint density at radius 1 is 1.64 bits per heavy atom. The monoisotopic (exact) mass is 151 g/mol. The summed E-state index contributed by atoms with van der Waals surface area (Å²) in [7, 11) is 0. The number of aliphatic imine (C=N–C) groups is 1. The molecule has 11 heavy (non-hydrogen) atoms. The van der Waals surface area contributed by atoms with Gasteiger partial charge in [0.05, 0.1) is 0 Å². The molecule has 0 saturated carbocycles. The van der Waals surface area contributed by atoms with Gasteiger partial charge in [-0.1, -0.05) is 19.9 Å². The summed E-state index contributed by atoms with van der Waals surface area (Å²) in [4.78, 5) is 4.43. The van der Waals surface area contributed by atoms with E-state index >= 15 is 0 Å². The molecule has 62 valence electrons. The molecular weight excluding hydrogens is 134 g/mol. The fourth-order valence-corrected chi connectivity index (χ4v) is 1.60. The van der Waals surface area contributed by atoms with E-state index < -0.39 is 0 Å². The largest absolute Gasteiger partial charge is 0.290 e. The zero-order chi connectivity index (χ0) is 8.27. The first-order chi connectivity index (χ1) is 5.25.